The van der Waals surface area contributed by atoms with E-state index in [1.54, 1.807) is 4.90 Å². The number of anilines is 1. The number of aliphatic carboxylic acids is 1. The average Bonchev–Trinajstić information content (AvgIpc) is 2.50. The molecule has 0 radical (unpaired) electrons. The Balaban J connectivity index is 2.86. The fraction of sp³-hybridized carbons (Fsp3) is 0.500. The first-order valence-corrected chi connectivity index (χ1v) is 7.31. The van der Waals surface area contributed by atoms with Gasteiger partial charge in [-0.25, -0.2) is 0 Å². The molecule has 2 atom stereocenters. The van der Waals surface area contributed by atoms with Gasteiger partial charge >= 0.3 is 5.97 Å². The molecule has 0 aliphatic heterocycles. The average molecular weight is 292 g/mol. The highest BCUT2D eigenvalue weighted by Crippen LogP contribution is 2.18. The van der Waals surface area contributed by atoms with Crippen molar-refractivity contribution in [2.45, 2.75) is 39.2 Å². The van der Waals surface area contributed by atoms with E-state index in [1.165, 1.54) is 0 Å². The first-order valence-electron chi connectivity index (χ1n) is 7.31. The Labute approximate surface area is 125 Å². The van der Waals surface area contributed by atoms with E-state index in [9.17, 15) is 9.59 Å². The number of para-hydroxylation sites is 1. The maximum atomic E-state index is 12.6. The molecular weight excluding hydrogens is 268 g/mol. The van der Waals surface area contributed by atoms with Crippen LogP contribution < -0.4 is 10.6 Å². The first-order chi connectivity index (χ1) is 9.97. The van der Waals surface area contributed by atoms with Crippen LogP contribution in [0.25, 0.3) is 0 Å². The Bertz CT molecular complexity index is 462. The van der Waals surface area contributed by atoms with Crippen LogP contribution in [-0.4, -0.2) is 29.6 Å². The molecule has 0 spiro atoms. The normalized spacial score (nSPS) is 13.5. The van der Waals surface area contributed by atoms with Crippen LogP contribution in [0.3, 0.4) is 0 Å². The number of benzene rings is 1. The number of carboxylic acid groups (broad SMARTS) is 1. The molecule has 5 heteroatoms. The van der Waals surface area contributed by atoms with Crippen molar-refractivity contribution in [2.24, 2.45) is 11.7 Å². The number of carbonyl (C=O) groups is 2. The molecule has 0 bridgehead atoms. The Morgan fingerprint density at radius 2 is 1.90 bits per heavy atom. The number of hydrogen-bond donors (Lipinski definition) is 2. The summed E-state index contributed by atoms with van der Waals surface area (Å²) in [7, 11) is 0. The molecule has 1 amide bonds. The Hall–Kier alpha value is -1.88. The fourth-order valence-corrected chi connectivity index (χ4v) is 2.04. The molecule has 0 fully saturated rings. The zero-order chi connectivity index (χ0) is 15.8. The van der Waals surface area contributed by atoms with Crippen LogP contribution in [0.15, 0.2) is 30.3 Å². The monoisotopic (exact) mass is 292 g/mol. The number of nitrogens with two attached hydrogens (primary N) is 1. The van der Waals surface area contributed by atoms with Gasteiger partial charge in [-0.2, -0.15) is 0 Å². The largest absolute Gasteiger partial charge is 0.481 e. The van der Waals surface area contributed by atoms with Gasteiger partial charge in [0.15, 0.2) is 0 Å². The smallest absolute Gasteiger partial charge is 0.303 e. The van der Waals surface area contributed by atoms with Crippen LogP contribution in [0.5, 0.6) is 0 Å². The first kappa shape index (κ1) is 17.2. The lowest BCUT2D eigenvalue weighted by atomic mass is 9.98. The highest BCUT2D eigenvalue weighted by molar-refractivity contribution is 5.97. The Morgan fingerprint density at radius 1 is 1.29 bits per heavy atom. The molecule has 1 rings (SSSR count). The van der Waals surface area contributed by atoms with Crippen LogP contribution in [0.1, 0.15) is 33.1 Å². The summed E-state index contributed by atoms with van der Waals surface area (Å²) in [6, 6.07) is 8.67. The van der Waals surface area contributed by atoms with Crippen molar-refractivity contribution >= 4 is 17.6 Å². The van der Waals surface area contributed by atoms with Crippen molar-refractivity contribution in [2.75, 3.05) is 11.4 Å². The minimum absolute atomic E-state index is 0.0369. The summed E-state index contributed by atoms with van der Waals surface area (Å²) in [4.78, 5) is 24.8. The maximum absolute atomic E-state index is 12.6. The second-order valence-electron chi connectivity index (χ2n) is 5.23. The van der Waals surface area contributed by atoms with E-state index in [-0.39, 0.29) is 18.2 Å². The quantitative estimate of drug-likeness (QED) is 0.769. The van der Waals surface area contributed by atoms with Crippen LogP contribution in [0.4, 0.5) is 5.69 Å². The van der Waals surface area contributed by atoms with Crippen molar-refractivity contribution in [1.29, 1.82) is 0 Å². The van der Waals surface area contributed by atoms with Crippen LogP contribution >= 0.6 is 0 Å². The molecule has 0 heterocycles. The van der Waals surface area contributed by atoms with Gasteiger partial charge in [0, 0.05) is 18.7 Å². The van der Waals surface area contributed by atoms with Crippen molar-refractivity contribution in [3.05, 3.63) is 30.3 Å². The lowest BCUT2D eigenvalue weighted by Crippen LogP contribution is -2.47. The van der Waals surface area contributed by atoms with E-state index in [1.807, 2.05) is 44.2 Å². The van der Waals surface area contributed by atoms with Crippen LogP contribution in [-0.2, 0) is 9.59 Å². The summed E-state index contributed by atoms with van der Waals surface area (Å²) in [5.41, 5.74) is 6.79. The van der Waals surface area contributed by atoms with Gasteiger partial charge in [-0.05, 0) is 24.5 Å². The van der Waals surface area contributed by atoms with Crippen LogP contribution in [0.2, 0.25) is 0 Å². The molecule has 21 heavy (non-hydrogen) atoms. The van der Waals surface area contributed by atoms with Gasteiger partial charge in [-0.1, -0.05) is 38.5 Å². The molecule has 3 N–H and O–H groups in total. The molecular formula is C16H24N2O3. The minimum atomic E-state index is -0.860. The van der Waals surface area contributed by atoms with Gasteiger partial charge in [0.1, 0.15) is 0 Å². The molecule has 0 saturated heterocycles. The standard InChI is InChI=1S/C16H24N2O3/c1-3-12(2)15(17)16(21)18(11-7-10-14(19)20)13-8-5-4-6-9-13/h4-6,8-9,12,15H,3,7,10-11,17H2,1-2H3,(H,19,20). The summed E-state index contributed by atoms with van der Waals surface area (Å²) < 4.78 is 0. The van der Waals surface area contributed by atoms with Crippen molar-refractivity contribution in [3.63, 3.8) is 0 Å². The van der Waals surface area contributed by atoms with Gasteiger partial charge in [0.2, 0.25) is 5.91 Å². The topological polar surface area (TPSA) is 83.6 Å². The van der Waals surface area contributed by atoms with E-state index in [0.29, 0.717) is 13.0 Å². The van der Waals surface area contributed by atoms with E-state index < -0.39 is 12.0 Å². The lowest BCUT2D eigenvalue weighted by Gasteiger charge is -2.28. The van der Waals surface area contributed by atoms with E-state index in [2.05, 4.69) is 0 Å². The third-order valence-corrected chi connectivity index (χ3v) is 3.65. The van der Waals surface area contributed by atoms with E-state index >= 15 is 0 Å². The molecule has 1 aromatic carbocycles. The molecule has 0 aliphatic carbocycles. The summed E-state index contributed by atoms with van der Waals surface area (Å²) in [6.45, 7) is 4.30. The fourth-order valence-electron chi connectivity index (χ4n) is 2.04. The lowest BCUT2D eigenvalue weighted by molar-refractivity contribution is -0.137. The van der Waals surface area contributed by atoms with Gasteiger partial charge in [0.25, 0.3) is 0 Å². The predicted molar refractivity (Wildman–Crippen MR) is 83.1 cm³/mol. The minimum Gasteiger partial charge on any atom is -0.481 e. The SMILES string of the molecule is CCC(C)C(N)C(=O)N(CCCC(=O)O)c1ccccc1. The zero-order valence-corrected chi connectivity index (χ0v) is 12.7. The van der Waals surface area contributed by atoms with E-state index in [0.717, 1.165) is 12.1 Å². The summed E-state index contributed by atoms with van der Waals surface area (Å²) in [5.74, 6) is -0.925. The number of amides is 1. The number of carbonyl (C=O) groups excluding carboxylic acids is 1. The summed E-state index contributed by atoms with van der Waals surface area (Å²) in [5, 5.41) is 8.74. The predicted octanol–water partition coefficient (Wildman–Crippen LogP) is 2.26. The molecule has 0 aromatic heterocycles. The van der Waals surface area contributed by atoms with Gasteiger partial charge < -0.3 is 15.7 Å². The highest BCUT2D eigenvalue weighted by atomic mass is 16.4. The van der Waals surface area contributed by atoms with Gasteiger partial charge in [-0.3, -0.25) is 9.59 Å². The van der Waals surface area contributed by atoms with Crippen molar-refractivity contribution in [3.8, 4) is 0 Å². The van der Waals surface area contributed by atoms with Crippen LogP contribution in [0, 0.1) is 5.92 Å². The number of hydrogen-bond acceptors (Lipinski definition) is 3. The molecule has 116 valence electrons. The number of nitrogens with zero attached hydrogens (tertiary/aromatic N) is 1. The van der Waals surface area contributed by atoms with E-state index in [4.69, 9.17) is 10.8 Å². The number of carboxylic acids is 1. The zero-order valence-electron chi connectivity index (χ0n) is 12.7. The second kappa shape index (κ2) is 8.42. The maximum Gasteiger partial charge on any atom is 0.303 e. The molecule has 1 aromatic rings. The molecule has 0 aliphatic rings. The highest BCUT2D eigenvalue weighted by Gasteiger charge is 2.25. The number of rotatable bonds is 8. The molecule has 2 unspecified atom stereocenters. The molecule has 5 nitrogen and oxygen atoms in total. The third-order valence-electron chi connectivity index (χ3n) is 3.65. The van der Waals surface area contributed by atoms with Gasteiger partial charge in [0.05, 0.1) is 6.04 Å². The Morgan fingerprint density at radius 3 is 2.43 bits per heavy atom. The second-order valence-corrected chi connectivity index (χ2v) is 5.23. The summed E-state index contributed by atoms with van der Waals surface area (Å²) in [6.07, 6.45) is 1.27. The van der Waals surface area contributed by atoms with Gasteiger partial charge in [-0.15, -0.1) is 0 Å². The Kier molecular flexibility index (Phi) is 6.88. The molecule has 0 saturated carbocycles. The van der Waals surface area contributed by atoms with Crippen molar-refractivity contribution in [1.82, 2.24) is 0 Å². The van der Waals surface area contributed by atoms with Crippen molar-refractivity contribution < 1.29 is 14.7 Å². The summed E-state index contributed by atoms with van der Waals surface area (Å²) >= 11 is 0. The third kappa shape index (κ3) is 5.19.